The smallest absolute Gasteiger partial charge is 0.0366 e. The normalized spacial score (nSPS) is 18.2. The van der Waals surface area contributed by atoms with Crippen LogP contribution in [0.4, 0.5) is 5.69 Å². The fourth-order valence-corrected chi connectivity index (χ4v) is 3.29. The van der Waals surface area contributed by atoms with Crippen molar-refractivity contribution < 1.29 is 0 Å². The fraction of sp³-hybridized carbons (Fsp3) is 0.667. The van der Waals surface area contributed by atoms with Crippen molar-refractivity contribution in [1.29, 1.82) is 0 Å². The van der Waals surface area contributed by atoms with Crippen LogP contribution >= 0.6 is 0 Å². The summed E-state index contributed by atoms with van der Waals surface area (Å²) in [6.45, 7) is 11.3. The summed E-state index contributed by atoms with van der Waals surface area (Å²) in [7, 11) is 0. The van der Waals surface area contributed by atoms with Crippen LogP contribution in [-0.2, 0) is 6.54 Å². The van der Waals surface area contributed by atoms with E-state index in [0.717, 1.165) is 13.1 Å². The minimum Gasteiger partial charge on any atom is -0.371 e. The second-order valence-corrected chi connectivity index (χ2v) is 6.14. The van der Waals surface area contributed by atoms with Crippen LogP contribution in [0.15, 0.2) is 24.3 Å². The Morgan fingerprint density at radius 3 is 2.10 bits per heavy atom. The summed E-state index contributed by atoms with van der Waals surface area (Å²) in [5.41, 5.74) is 3.39. The third-order valence-electron chi connectivity index (χ3n) is 5.20. The maximum atomic E-state index is 3.38. The zero-order chi connectivity index (χ0) is 14.4. The van der Waals surface area contributed by atoms with E-state index in [1.165, 1.54) is 50.0 Å². The maximum Gasteiger partial charge on any atom is 0.0366 e. The van der Waals surface area contributed by atoms with Gasteiger partial charge in [-0.05, 0) is 42.5 Å². The van der Waals surface area contributed by atoms with Gasteiger partial charge in [0.25, 0.3) is 0 Å². The van der Waals surface area contributed by atoms with Crippen molar-refractivity contribution >= 4 is 5.69 Å². The lowest BCUT2D eigenvalue weighted by atomic mass is 9.74. The van der Waals surface area contributed by atoms with Crippen LogP contribution in [0.25, 0.3) is 0 Å². The average Bonchev–Trinajstić information content (AvgIpc) is 2.53. The highest BCUT2D eigenvalue weighted by Gasteiger charge is 2.31. The number of hydrogen-bond acceptors (Lipinski definition) is 2. The number of benzene rings is 1. The molecule has 0 unspecified atom stereocenters. The Morgan fingerprint density at radius 1 is 1.00 bits per heavy atom. The zero-order valence-electron chi connectivity index (χ0n) is 13.4. The van der Waals surface area contributed by atoms with E-state index in [0.29, 0.717) is 5.41 Å². The third kappa shape index (κ3) is 3.54. The van der Waals surface area contributed by atoms with Crippen LogP contribution in [0, 0.1) is 5.41 Å². The maximum absolute atomic E-state index is 3.38. The van der Waals surface area contributed by atoms with E-state index in [1.807, 2.05) is 0 Å². The van der Waals surface area contributed by atoms with Gasteiger partial charge >= 0.3 is 0 Å². The fourth-order valence-electron chi connectivity index (χ4n) is 3.29. The van der Waals surface area contributed by atoms with E-state index in [2.05, 4.69) is 55.3 Å². The van der Waals surface area contributed by atoms with Crippen LogP contribution in [0.1, 0.15) is 52.0 Å². The summed E-state index contributed by atoms with van der Waals surface area (Å²) in [6.07, 6.45) is 5.36. The van der Waals surface area contributed by atoms with Gasteiger partial charge in [-0.15, -0.1) is 0 Å². The van der Waals surface area contributed by atoms with E-state index in [1.54, 1.807) is 0 Å². The number of nitrogens with one attached hydrogen (secondary N) is 1. The summed E-state index contributed by atoms with van der Waals surface area (Å²) in [5, 5.41) is 3.38. The topological polar surface area (TPSA) is 15.3 Å². The molecule has 0 amide bonds. The molecule has 0 spiro atoms. The molecule has 20 heavy (non-hydrogen) atoms. The van der Waals surface area contributed by atoms with Crippen molar-refractivity contribution in [2.24, 2.45) is 5.41 Å². The van der Waals surface area contributed by atoms with Crippen molar-refractivity contribution in [2.45, 2.75) is 53.0 Å². The van der Waals surface area contributed by atoms with E-state index >= 15 is 0 Å². The number of hydrogen-bond donors (Lipinski definition) is 1. The first-order valence-corrected chi connectivity index (χ1v) is 8.27. The largest absolute Gasteiger partial charge is 0.371 e. The van der Waals surface area contributed by atoms with Crippen LogP contribution in [0.5, 0.6) is 0 Å². The summed E-state index contributed by atoms with van der Waals surface area (Å²) in [5.74, 6) is 0. The van der Waals surface area contributed by atoms with Crippen LogP contribution in [-0.4, -0.2) is 19.6 Å². The lowest BCUT2D eigenvalue weighted by molar-refractivity contribution is 0.199. The third-order valence-corrected chi connectivity index (χ3v) is 5.20. The second kappa shape index (κ2) is 7.12. The van der Waals surface area contributed by atoms with E-state index in [-0.39, 0.29) is 0 Å². The van der Waals surface area contributed by atoms with Gasteiger partial charge in [-0.3, -0.25) is 0 Å². The van der Waals surface area contributed by atoms with Gasteiger partial charge in [0.2, 0.25) is 0 Å². The first-order chi connectivity index (χ1) is 9.73. The molecule has 112 valence electrons. The molecular formula is C18H30N2. The highest BCUT2D eigenvalue weighted by molar-refractivity contribution is 5.48. The Balaban J connectivity index is 1.93. The molecule has 1 aromatic carbocycles. The van der Waals surface area contributed by atoms with Gasteiger partial charge < -0.3 is 10.2 Å². The molecule has 2 rings (SSSR count). The average molecular weight is 274 g/mol. The molecule has 1 aliphatic heterocycles. The first-order valence-electron chi connectivity index (χ1n) is 8.27. The molecule has 1 aromatic rings. The number of piperidine rings is 1. The Morgan fingerprint density at radius 2 is 1.60 bits per heavy atom. The van der Waals surface area contributed by atoms with Gasteiger partial charge in [-0.1, -0.05) is 45.7 Å². The van der Waals surface area contributed by atoms with Crippen molar-refractivity contribution in [3.63, 3.8) is 0 Å². The Labute approximate surface area is 124 Å². The first kappa shape index (κ1) is 15.4. The molecular weight excluding hydrogens is 244 g/mol. The zero-order valence-corrected chi connectivity index (χ0v) is 13.4. The van der Waals surface area contributed by atoms with Crippen molar-refractivity contribution in [3.8, 4) is 0 Å². The van der Waals surface area contributed by atoms with Crippen molar-refractivity contribution in [1.82, 2.24) is 5.32 Å². The Hall–Kier alpha value is -1.02. The van der Waals surface area contributed by atoms with Crippen molar-refractivity contribution in [3.05, 3.63) is 29.8 Å². The highest BCUT2D eigenvalue weighted by Crippen LogP contribution is 2.39. The molecule has 2 heteroatoms. The minimum absolute atomic E-state index is 0.613. The second-order valence-electron chi connectivity index (χ2n) is 6.14. The quantitative estimate of drug-likeness (QED) is 0.836. The summed E-state index contributed by atoms with van der Waals surface area (Å²) in [4.78, 5) is 2.56. The Kier molecular flexibility index (Phi) is 5.47. The summed E-state index contributed by atoms with van der Waals surface area (Å²) < 4.78 is 0. The van der Waals surface area contributed by atoms with Gasteiger partial charge in [0.15, 0.2) is 0 Å². The van der Waals surface area contributed by atoms with Gasteiger partial charge in [-0.2, -0.15) is 0 Å². The van der Waals surface area contributed by atoms with Crippen LogP contribution < -0.4 is 10.2 Å². The van der Waals surface area contributed by atoms with Gasteiger partial charge in [-0.25, -0.2) is 0 Å². The molecule has 1 N–H and O–H groups in total. The van der Waals surface area contributed by atoms with Crippen LogP contribution in [0.2, 0.25) is 0 Å². The monoisotopic (exact) mass is 274 g/mol. The molecule has 0 bridgehead atoms. The predicted octanol–water partition coefficient (Wildman–Crippen LogP) is 4.20. The van der Waals surface area contributed by atoms with Crippen molar-refractivity contribution in [2.75, 3.05) is 24.5 Å². The number of rotatable bonds is 6. The minimum atomic E-state index is 0.613. The molecule has 0 aromatic heterocycles. The molecule has 1 fully saturated rings. The molecule has 1 saturated heterocycles. The predicted molar refractivity (Wildman–Crippen MR) is 88.3 cm³/mol. The van der Waals surface area contributed by atoms with E-state index in [4.69, 9.17) is 0 Å². The van der Waals surface area contributed by atoms with Gasteiger partial charge in [0.1, 0.15) is 0 Å². The molecule has 1 aliphatic rings. The van der Waals surface area contributed by atoms with E-state index < -0.39 is 0 Å². The molecule has 0 atom stereocenters. The SMILES string of the molecule is CCNCc1ccc(N2CCC(CC)(CC)CC2)cc1. The van der Waals surface area contributed by atoms with Gasteiger partial charge in [0, 0.05) is 25.3 Å². The molecule has 2 nitrogen and oxygen atoms in total. The lowest BCUT2D eigenvalue weighted by Crippen LogP contribution is -2.39. The number of nitrogens with zero attached hydrogens (tertiary/aromatic N) is 1. The van der Waals surface area contributed by atoms with Crippen LogP contribution in [0.3, 0.4) is 0 Å². The Bertz CT molecular complexity index is 382. The summed E-state index contributed by atoms with van der Waals surface area (Å²) >= 11 is 0. The number of anilines is 1. The standard InChI is InChI=1S/C18H30N2/c1-4-18(5-2)11-13-20(14-12-18)17-9-7-16(8-10-17)15-19-6-3/h7-10,19H,4-6,11-15H2,1-3H3. The highest BCUT2D eigenvalue weighted by atomic mass is 15.1. The summed E-state index contributed by atoms with van der Waals surface area (Å²) in [6, 6.07) is 9.11. The molecule has 0 aliphatic carbocycles. The lowest BCUT2D eigenvalue weighted by Gasteiger charge is -2.42. The molecule has 0 saturated carbocycles. The molecule has 1 heterocycles. The van der Waals surface area contributed by atoms with E-state index in [9.17, 15) is 0 Å². The van der Waals surface area contributed by atoms with Gasteiger partial charge in [0.05, 0.1) is 0 Å². The molecule has 0 radical (unpaired) electrons.